The van der Waals surface area contributed by atoms with E-state index >= 15 is 0 Å². The summed E-state index contributed by atoms with van der Waals surface area (Å²) in [5.41, 5.74) is 2.24. The van der Waals surface area contributed by atoms with Gasteiger partial charge in [0, 0.05) is 11.6 Å². The Hall–Kier alpha value is -1.85. The van der Waals surface area contributed by atoms with Crippen LogP contribution < -0.4 is 5.32 Å². The second kappa shape index (κ2) is 5.42. The Morgan fingerprint density at radius 2 is 2.21 bits per heavy atom. The molecule has 0 aliphatic rings. The molecule has 4 nitrogen and oxygen atoms in total. The Morgan fingerprint density at radius 3 is 3.00 bits per heavy atom. The lowest BCUT2D eigenvalue weighted by molar-refractivity contribution is 0.642. The predicted molar refractivity (Wildman–Crippen MR) is 77.2 cm³/mol. The molecule has 0 radical (unpaired) electrons. The molecule has 5 heteroatoms. The van der Waals surface area contributed by atoms with E-state index in [4.69, 9.17) is 0 Å². The van der Waals surface area contributed by atoms with Gasteiger partial charge >= 0.3 is 0 Å². The Labute approximate surface area is 115 Å². The second-order valence-electron chi connectivity index (χ2n) is 4.23. The van der Waals surface area contributed by atoms with E-state index in [2.05, 4.69) is 38.9 Å². The number of hydrogen-bond acceptors (Lipinski definition) is 5. The standard InChI is InChI=1S/C14H14N4S/c1-2-15-14(13-9-17-18-19-13)11-5-3-7-12-10(11)6-4-8-16-12/h3-9,14-15H,2H2,1H3. The Balaban J connectivity index is 2.15. The van der Waals surface area contributed by atoms with Gasteiger partial charge in [-0.15, -0.1) is 5.10 Å². The van der Waals surface area contributed by atoms with Gasteiger partial charge in [0.05, 0.1) is 22.6 Å². The van der Waals surface area contributed by atoms with Crippen LogP contribution in [0.1, 0.15) is 23.4 Å². The average Bonchev–Trinajstić information content (AvgIpc) is 2.98. The van der Waals surface area contributed by atoms with Crippen molar-refractivity contribution in [2.24, 2.45) is 0 Å². The number of fused-ring (bicyclic) bond motifs is 1. The van der Waals surface area contributed by atoms with Gasteiger partial charge in [0.25, 0.3) is 0 Å². The first-order chi connectivity index (χ1) is 9.40. The highest BCUT2D eigenvalue weighted by Crippen LogP contribution is 2.29. The topological polar surface area (TPSA) is 50.7 Å². The Kier molecular flexibility index (Phi) is 3.48. The fourth-order valence-corrected chi connectivity index (χ4v) is 2.85. The van der Waals surface area contributed by atoms with E-state index in [9.17, 15) is 0 Å². The highest BCUT2D eigenvalue weighted by molar-refractivity contribution is 7.05. The molecule has 0 saturated heterocycles. The lowest BCUT2D eigenvalue weighted by atomic mass is 10.0. The number of benzene rings is 1. The minimum atomic E-state index is 0.123. The fourth-order valence-electron chi connectivity index (χ4n) is 2.25. The molecule has 3 rings (SSSR count). The van der Waals surface area contributed by atoms with Crippen LogP contribution in [0.3, 0.4) is 0 Å². The first-order valence-corrected chi connectivity index (χ1v) is 7.01. The van der Waals surface area contributed by atoms with E-state index < -0.39 is 0 Å². The van der Waals surface area contributed by atoms with Crippen molar-refractivity contribution in [2.45, 2.75) is 13.0 Å². The van der Waals surface area contributed by atoms with Gasteiger partial charge in [-0.1, -0.05) is 29.6 Å². The third kappa shape index (κ3) is 2.34. The third-order valence-corrected chi connectivity index (χ3v) is 3.79. The summed E-state index contributed by atoms with van der Waals surface area (Å²) in [4.78, 5) is 5.53. The van der Waals surface area contributed by atoms with E-state index in [1.807, 2.05) is 30.6 Å². The normalized spacial score (nSPS) is 12.7. The molecule has 1 N–H and O–H groups in total. The molecular formula is C14H14N4S. The molecule has 2 aromatic heterocycles. The maximum absolute atomic E-state index is 4.41. The van der Waals surface area contributed by atoms with Crippen LogP contribution in [0.15, 0.2) is 42.7 Å². The van der Waals surface area contributed by atoms with Crippen LogP contribution in [0.5, 0.6) is 0 Å². The Bertz CT molecular complexity index is 661. The van der Waals surface area contributed by atoms with Crippen LogP contribution in [0.4, 0.5) is 0 Å². The summed E-state index contributed by atoms with van der Waals surface area (Å²) in [6.07, 6.45) is 3.65. The van der Waals surface area contributed by atoms with Gasteiger partial charge in [-0.3, -0.25) is 4.98 Å². The van der Waals surface area contributed by atoms with Crippen molar-refractivity contribution in [2.75, 3.05) is 6.54 Å². The zero-order valence-electron chi connectivity index (χ0n) is 10.6. The van der Waals surface area contributed by atoms with Crippen molar-refractivity contribution in [3.8, 4) is 0 Å². The van der Waals surface area contributed by atoms with E-state index in [1.54, 1.807) is 0 Å². The predicted octanol–water partition coefficient (Wildman–Crippen LogP) is 2.79. The highest BCUT2D eigenvalue weighted by atomic mass is 32.1. The molecule has 0 aliphatic heterocycles. The van der Waals surface area contributed by atoms with Crippen molar-refractivity contribution < 1.29 is 0 Å². The fraction of sp³-hybridized carbons (Fsp3) is 0.214. The number of nitrogens with zero attached hydrogens (tertiary/aromatic N) is 3. The number of nitrogens with one attached hydrogen (secondary N) is 1. The maximum atomic E-state index is 4.41. The van der Waals surface area contributed by atoms with Gasteiger partial charge in [-0.05, 0) is 35.8 Å². The number of hydrogen-bond donors (Lipinski definition) is 1. The van der Waals surface area contributed by atoms with Crippen molar-refractivity contribution in [3.63, 3.8) is 0 Å². The molecule has 1 atom stereocenters. The van der Waals surface area contributed by atoms with E-state index in [0.717, 1.165) is 16.9 Å². The molecule has 0 spiro atoms. The van der Waals surface area contributed by atoms with Gasteiger partial charge in [0.15, 0.2) is 0 Å². The summed E-state index contributed by atoms with van der Waals surface area (Å²) in [6.45, 7) is 2.99. The molecular weight excluding hydrogens is 256 g/mol. The van der Waals surface area contributed by atoms with Crippen LogP contribution in [0.25, 0.3) is 10.9 Å². The minimum Gasteiger partial charge on any atom is -0.306 e. The quantitative estimate of drug-likeness (QED) is 0.792. The summed E-state index contributed by atoms with van der Waals surface area (Å²) in [7, 11) is 0. The van der Waals surface area contributed by atoms with E-state index in [-0.39, 0.29) is 6.04 Å². The monoisotopic (exact) mass is 270 g/mol. The zero-order chi connectivity index (χ0) is 13.1. The lowest BCUT2D eigenvalue weighted by Crippen LogP contribution is -2.21. The SMILES string of the molecule is CCNC(c1cnns1)c1cccc2ncccc12. The van der Waals surface area contributed by atoms with Gasteiger partial charge in [0.2, 0.25) is 0 Å². The number of pyridine rings is 1. The molecule has 3 aromatic rings. The summed E-state index contributed by atoms with van der Waals surface area (Å²) in [6, 6.07) is 10.4. The third-order valence-electron chi connectivity index (χ3n) is 3.06. The van der Waals surface area contributed by atoms with Crippen molar-refractivity contribution in [3.05, 3.63) is 53.2 Å². The van der Waals surface area contributed by atoms with Crippen LogP contribution in [0, 0.1) is 0 Å². The molecule has 2 heterocycles. The average molecular weight is 270 g/mol. The van der Waals surface area contributed by atoms with E-state index in [1.165, 1.54) is 22.5 Å². The molecule has 96 valence electrons. The molecule has 0 fully saturated rings. The molecule has 0 saturated carbocycles. The summed E-state index contributed by atoms with van der Waals surface area (Å²) >= 11 is 1.43. The van der Waals surface area contributed by atoms with Gasteiger partial charge in [-0.2, -0.15) is 0 Å². The minimum absolute atomic E-state index is 0.123. The van der Waals surface area contributed by atoms with Gasteiger partial charge in [0.1, 0.15) is 0 Å². The summed E-state index contributed by atoms with van der Waals surface area (Å²) in [5.74, 6) is 0. The molecule has 19 heavy (non-hydrogen) atoms. The van der Waals surface area contributed by atoms with Crippen LogP contribution in [0.2, 0.25) is 0 Å². The molecule has 0 bridgehead atoms. The molecule has 0 amide bonds. The van der Waals surface area contributed by atoms with Crippen molar-refractivity contribution >= 4 is 22.4 Å². The Morgan fingerprint density at radius 1 is 1.26 bits per heavy atom. The largest absolute Gasteiger partial charge is 0.306 e. The second-order valence-corrected chi connectivity index (χ2v) is 5.05. The van der Waals surface area contributed by atoms with Crippen LogP contribution >= 0.6 is 11.5 Å². The van der Waals surface area contributed by atoms with Gasteiger partial charge < -0.3 is 5.32 Å². The van der Waals surface area contributed by atoms with Crippen LogP contribution in [-0.2, 0) is 0 Å². The lowest BCUT2D eigenvalue weighted by Gasteiger charge is -2.17. The smallest absolute Gasteiger partial charge is 0.0710 e. The first kappa shape index (κ1) is 12.2. The highest BCUT2D eigenvalue weighted by Gasteiger charge is 2.17. The summed E-state index contributed by atoms with van der Waals surface area (Å²) < 4.78 is 3.97. The maximum Gasteiger partial charge on any atom is 0.0710 e. The number of rotatable bonds is 4. The molecule has 1 unspecified atom stereocenters. The molecule has 1 aromatic carbocycles. The van der Waals surface area contributed by atoms with E-state index in [0.29, 0.717) is 0 Å². The van der Waals surface area contributed by atoms with Crippen molar-refractivity contribution in [1.29, 1.82) is 0 Å². The van der Waals surface area contributed by atoms with Crippen LogP contribution in [-0.4, -0.2) is 21.1 Å². The summed E-state index contributed by atoms with van der Waals surface area (Å²) in [5, 5.41) is 8.61. The van der Waals surface area contributed by atoms with Crippen molar-refractivity contribution in [1.82, 2.24) is 19.9 Å². The zero-order valence-corrected chi connectivity index (χ0v) is 11.4. The molecule has 0 aliphatic carbocycles. The number of aromatic nitrogens is 3. The van der Waals surface area contributed by atoms with Gasteiger partial charge in [-0.25, -0.2) is 0 Å². The first-order valence-electron chi connectivity index (χ1n) is 6.24.